The van der Waals surface area contributed by atoms with Crippen LogP contribution in [0.3, 0.4) is 0 Å². The van der Waals surface area contributed by atoms with E-state index in [1.54, 1.807) is 0 Å². The highest BCUT2D eigenvalue weighted by molar-refractivity contribution is 6.09. The van der Waals surface area contributed by atoms with Gasteiger partial charge in [-0.25, -0.2) is 4.98 Å². The summed E-state index contributed by atoms with van der Waals surface area (Å²) in [6.45, 7) is 8.14. The number of furan rings is 1. The van der Waals surface area contributed by atoms with Crippen LogP contribution in [0, 0.1) is 0 Å². The zero-order chi connectivity index (χ0) is 34.3. The lowest BCUT2D eigenvalue weighted by atomic mass is 9.96. The molecule has 7 rings (SSSR count). The number of benzene rings is 5. The van der Waals surface area contributed by atoms with Gasteiger partial charge in [-0.1, -0.05) is 152 Å². The van der Waals surface area contributed by atoms with Gasteiger partial charge in [0, 0.05) is 27.5 Å². The van der Waals surface area contributed by atoms with Crippen molar-refractivity contribution in [2.75, 3.05) is 0 Å². The molecule has 2 heteroatoms. The fraction of sp³-hybridized carbons (Fsp3) is 0.0625. The van der Waals surface area contributed by atoms with Gasteiger partial charge in [0.05, 0.1) is 11.4 Å². The molecule has 0 aliphatic heterocycles. The van der Waals surface area contributed by atoms with E-state index in [0.29, 0.717) is 0 Å². The van der Waals surface area contributed by atoms with E-state index in [-0.39, 0.29) is 0 Å². The second-order valence-corrected chi connectivity index (χ2v) is 12.3. The van der Waals surface area contributed by atoms with Gasteiger partial charge in [0.2, 0.25) is 0 Å². The Bertz CT molecular complexity index is 2430. The van der Waals surface area contributed by atoms with Gasteiger partial charge in [-0.05, 0) is 84.0 Å². The van der Waals surface area contributed by atoms with Crippen LogP contribution in [0.15, 0.2) is 187 Å². The number of hydrogen-bond donors (Lipinski definition) is 0. The molecule has 0 unspecified atom stereocenters. The van der Waals surface area contributed by atoms with Crippen molar-refractivity contribution < 1.29 is 4.42 Å². The zero-order valence-electron chi connectivity index (χ0n) is 28.5. The van der Waals surface area contributed by atoms with E-state index >= 15 is 0 Å². The average Bonchev–Trinajstić information content (AvgIpc) is 3.56. The molecule has 0 fully saturated rings. The van der Waals surface area contributed by atoms with Crippen molar-refractivity contribution in [1.82, 2.24) is 4.98 Å². The Morgan fingerprint density at radius 2 is 1.36 bits per heavy atom. The molecule has 0 atom stereocenters. The third kappa shape index (κ3) is 6.83. The Morgan fingerprint density at radius 1 is 0.640 bits per heavy atom. The fourth-order valence-corrected chi connectivity index (χ4v) is 6.54. The first-order valence-corrected chi connectivity index (χ1v) is 17.1. The summed E-state index contributed by atoms with van der Waals surface area (Å²) in [7, 11) is 0. The molecule has 0 saturated carbocycles. The summed E-state index contributed by atoms with van der Waals surface area (Å²) >= 11 is 0. The number of pyridine rings is 1. The lowest BCUT2D eigenvalue weighted by molar-refractivity contribution is 0.670. The average molecular weight is 646 g/mol. The van der Waals surface area contributed by atoms with E-state index < -0.39 is 0 Å². The zero-order valence-corrected chi connectivity index (χ0v) is 28.5. The maximum Gasteiger partial charge on any atom is 0.143 e. The van der Waals surface area contributed by atoms with Crippen molar-refractivity contribution in [3.63, 3.8) is 0 Å². The molecule has 0 N–H and O–H groups in total. The lowest BCUT2D eigenvalue weighted by Crippen LogP contribution is -1.93. The van der Waals surface area contributed by atoms with Gasteiger partial charge in [0.25, 0.3) is 0 Å². The minimum absolute atomic E-state index is 0.782. The molecular formula is C48H39NO. The molecular weight excluding hydrogens is 607 g/mol. The number of fused-ring (bicyclic) bond motifs is 3. The van der Waals surface area contributed by atoms with Gasteiger partial charge >= 0.3 is 0 Å². The molecule has 0 radical (unpaired) electrons. The molecule has 0 aliphatic carbocycles. The Labute approximate surface area is 294 Å². The van der Waals surface area contributed by atoms with Crippen LogP contribution in [0.5, 0.6) is 0 Å². The summed E-state index contributed by atoms with van der Waals surface area (Å²) in [5, 5.41) is 2.27. The first-order chi connectivity index (χ1) is 24.6. The second kappa shape index (κ2) is 14.9. The van der Waals surface area contributed by atoms with Crippen LogP contribution in [0.1, 0.15) is 30.5 Å². The Balaban J connectivity index is 1.17. The van der Waals surface area contributed by atoms with Gasteiger partial charge < -0.3 is 4.42 Å². The Hall–Kier alpha value is -6.25. The van der Waals surface area contributed by atoms with Gasteiger partial charge in [-0.2, -0.15) is 0 Å². The van der Waals surface area contributed by atoms with Gasteiger partial charge in [0.15, 0.2) is 0 Å². The maximum absolute atomic E-state index is 6.35. The Kier molecular flexibility index (Phi) is 9.62. The second-order valence-electron chi connectivity index (χ2n) is 12.3. The minimum atomic E-state index is 0.782. The number of aromatic nitrogens is 1. The van der Waals surface area contributed by atoms with Crippen LogP contribution in [0.2, 0.25) is 0 Å². The number of allylic oxidation sites excluding steroid dienone is 9. The number of para-hydroxylation sites is 2. The predicted octanol–water partition coefficient (Wildman–Crippen LogP) is 13.3. The molecule has 50 heavy (non-hydrogen) atoms. The Morgan fingerprint density at radius 3 is 2.18 bits per heavy atom. The van der Waals surface area contributed by atoms with Crippen LogP contribution in [0.25, 0.3) is 66.7 Å². The topological polar surface area (TPSA) is 26.0 Å². The van der Waals surface area contributed by atoms with Gasteiger partial charge in [-0.3, -0.25) is 0 Å². The SMILES string of the molecule is C=C/C=C(\C=C/Cc1cccc(-c2cc(C(/C=C\C)=C/C)cc(-c3ccccc3)n2)c1)c1cccc(-c2cccc3c2oc2ccccc23)c1. The number of rotatable bonds is 10. The molecule has 0 aliphatic rings. The molecule has 0 saturated heterocycles. The highest BCUT2D eigenvalue weighted by Gasteiger charge is 2.13. The van der Waals surface area contributed by atoms with Crippen LogP contribution in [-0.4, -0.2) is 4.98 Å². The van der Waals surface area contributed by atoms with E-state index in [0.717, 1.165) is 78.7 Å². The van der Waals surface area contributed by atoms with E-state index in [1.807, 2.05) is 24.3 Å². The fourth-order valence-electron chi connectivity index (χ4n) is 6.54. The van der Waals surface area contributed by atoms with Crippen molar-refractivity contribution >= 4 is 33.1 Å². The van der Waals surface area contributed by atoms with Gasteiger partial charge in [0.1, 0.15) is 11.2 Å². The molecule has 242 valence electrons. The van der Waals surface area contributed by atoms with Crippen molar-refractivity contribution in [2.45, 2.75) is 20.3 Å². The van der Waals surface area contributed by atoms with Crippen molar-refractivity contribution in [2.24, 2.45) is 0 Å². The van der Waals surface area contributed by atoms with E-state index in [4.69, 9.17) is 9.40 Å². The van der Waals surface area contributed by atoms with Crippen LogP contribution in [0.4, 0.5) is 0 Å². The van der Waals surface area contributed by atoms with Crippen LogP contribution < -0.4 is 0 Å². The van der Waals surface area contributed by atoms with E-state index in [9.17, 15) is 0 Å². The third-order valence-corrected chi connectivity index (χ3v) is 8.97. The molecule has 0 bridgehead atoms. The number of nitrogens with zero attached hydrogens (tertiary/aromatic N) is 1. The highest BCUT2D eigenvalue weighted by Crippen LogP contribution is 2.36. The largest absolute Gasteiger partial charge is 0.455 e. The van der Waals surface area contributed by atoms with Crippen LogP contribution in [-0.2, 0) is 6.42 Å². The monoisotopic (exact) mass is 645 g/mol. The molecule has 2 aromatic heterocycles. The number of hydrogen-bond acceptors (Lipinski definition) is 2. The first-order valence-electron chi connectivity index (χ1n) is 17.1. The standard InChI is InChI=1S/C48H39NO/c1-4-16-35(6-3)41-32-45(37-20-8-7-9-21-37)49-46(33-41)40-25-13-19-34(30-40)18-12-22-36(17-5-2)38-23-14-24-39(31-38)42-27-15-28-44-43-26-10-11-29-47(43)50-48(42)44/h4-17,19-33H,2,18H2,1,3H3/b16-4-,22-12-,35-6+,36-17+. The molecule has 2 heterocycles. The predicted molar refractivity (Wildman–Crippen MR) is 214 cm³/mol. The summed E-state index contributed by atoms with van der Waals surface area (Å²) in [6, 6.07) is 46.7. The molecule has 0 spiro atoms. The summed E-state index contributed by atoms with van der Waals surface area (Å²) in [6.07, 6.45) is 15.5. The molecule has 0 amide bonds. The third-order valence-electron chi connectivity index (χ3n) is 8.97. The minimum Gasteiger partial charge on any atom is -0.455 e. The lowest BCUT2D eigenvalue weighted by Gasteiger charge is -2.11. The molecule has 5 aromatic carbocycles. The van der Waals surface area contributed by atoms with E-state index in [1.165, 1.54) is 11.1 Å². The summed E-state index contributed by atoms with van der Waals surface area (Å²) in [5.74, 6) is 0. The smallest absolute Gasteiger partial charge is 0.143 e. The maximum atomic E-state index is 6.35. The summed E-state index contributed by atoms with van der Waals surface area (Å²) in [4.78, 5) is 5.13. The molecule has 2 nitrogen and oxygen atoms in total. The van der Waals surface area contributed by atoms with Gasteiger partial charge in [-0.15, -0.1) is 0 Å². The quantitative estimate of drug-likeness (QED) is 0.138. The van der Waals surface area contributed by atoms with Crippen molar-refractivity contribution in [3.05, 3.63) is 199 Å². The summed E-state index contributed by atoms with van der Waals surface area (Å²) < 4.78 is 6.35. The first kappa shape index (κ1) is 32.3. The van der Waals surface area contributed by atoms with E-state index in [2.05, 4.69) is 172 Å². The van der Waals surface area contributed by atoms with Crippen molar-refractivity contribution in [3.8, 4) is 33.6 Å². The highest BCUT2D eigenvalue weighted by atomic mass is 16.3. The molecule has 7 aromatic rings. The normalized spacial score (nSPS) is 12.4. The van der Waals surface area contributed by atoms with Crippen LogP contribution >= 0.6 is 0 Å². The van der Waals surface area contributed by atoms with Crippen molar-refractivity contribution in [1.29, 1.82) is 0 Å². The summed E-state index contributed by atoms with van der Waals surface area (Å²) in [5.41, 5.74) is 13.9.